The van der Waals surface area contributed by atoms with Gasteiger partial charge in [0.25, 0.3) is 0 Å². The number of hydrogen-bond acceptors (Lipinski definition) is 2. The number of guanidine groups is 1. The molecule has 0 aromatic heterocycles. The first-order chi connectivity index (χ1) is 9.56. The zero-order chi connectivity index (χ0) is 15.0. The van der Waals surface area contributed by atoms with Crippen LogP contribution in [0.5, 0.6) is 0 Å². The largest absolute Gasteiger partial charge is 0.356 e. The highest BCUT2D eigenvalue weighted by molar-refractivity contribution is 5.79. The van der Waals surface area contributed by atoms with Gasteiger partial charge in [0.15, 0.2) is 5.96 Å². The molecule has 0 saturated carbocycles. The molecule has 0 aromatic rings. The highest BCUT2D eigenvalue weighted by atomic mass is 15.2. The normalized spacial score (nSPS) is 20.2. The fraction of sp³-hybridized carbons (Fsp3) is 0.938. The maximum Gasteiger partial charge on any atom is 0.191 e. The van der Waals surface area contributed by atoms with Crippen LogP contribution < -0.4 is 10.6 Å². The van der Waals surface area contributed by atoms with E-state index in [0.717, 1.165) is 18.4 Å². The molecule has 1 unspecified atom stereocenters. The van der Waals surface area contributed by atoms with Gasteiger partial charge in [-0.15, -0.1) is 0 Å². The van der Waals surface area contributed by atoms with E-state index in [1.165, 1.54) is 38.9 Å². The Balaban J connectivity index is 2.19. The van der Waals surface area contributed by atoms with Gasteiger partial charge in [-0.2, -0.15) is 0 Å². The minimum absolute atomic E-state index is 0.453. The first kappa shape index (κ1) is 17.3. The maximum atomic E-state index is 4.30. The van der Waals surface area contributed by atoms with Crippen LogP contribution in [-0.4, -0.2) is 50.1 Å². The van der Waals surface area contributed by atoms with Crippen molar-refractivity contribution in [1.29, 1.82) is 0 Å². The predicted molar refractivity (Wildman–Crippen MR) is 88.3 cm³/mol. The SMILES string of the molecule is CCN1CCC(CCNC(=NC)NC(C)C(C)C)CC1. The summed E-state index contributed by atoms with van der Waals surface area (Å²) in [6.07, 6.45) is 3.96. The van der Waals surface area contributed by atoms with Gasteiger partial charge < -0.3 is 15.5 Å². The Hall–Kier alpha value is -0.770. The third-order valence-electron chi connectivity index (χ3n) is 4.59. The molecule has 1 atom stereocenters. The number of nitrogens with one attached hydrogen (secondary N) is 2. The van der Waals surface area contributed by atoms with Crippen LogP contribution in [0.3, 0.4) is 0 Å². The summed E-state index contributed by atoms with van der Waals surface area (Å²) in [6.45, 7) is 13.7. The highest BCUT2D eigenvalue weighted by Crippen LogP contribution is 2.19. The Morgan fingerprint density at radius 3 is 2.40 bits per heavy atom. The van der Waals surface area contributed by atoms with E-state index in [4.69, 9.17) is 0 Å². The molecule has 0 radical (unpaired) electrons. The molecule has 1 saturated heterocycles. The maximum absolute atomic E-state index is 4.30. The molecule has 0 amide bonds. The average molecular weight is 282 g/mol. The van der Waals surface area contributed by atoms with Gasteiger partial charge in [-0.3, -0.25) is 4.99 Å². The Kier molecular flexibility index (Phi) is 7.97. The number of hydrogen-bond donors (Lipinski definition) is 2. The molecule has 1 rings (SSSR count). The van der Waals surface area contributed by atoms with E-state index < -0.39 is 0 Å². The minimum atomic E-state index is 0.453. The molecule has 0 aromatic carbocycles. The van der Waals surface area contributed by atoms with E-state index in [0.29, 0.717) is 12.0 Å². The van der Waals surface area contributed by atoms with Gasteiger partial charge >= 0.3 is 0 Å². The van der Waals surface area contributed by atoms with Gasteiger partial charge in [0, 0.05) is 19.6 Å². The Labute approximate surface area is 125 Å². The average Bonchev–Trinajstić information content (AvgIpc) is 2.46. The van der Waals surface area contributed by atoms with E-state index in [2.05, 4.69) is 48.2 Å². The van der Waals surface area contributed by atoms with Gasteiger partial charge in [0.2, 0.25) is 0 Å². The number of rotatable bonds is 6. The molecule has 0 bridgehead atoms. The summed E-state index contributed by atoms with van der Waals surface area (Å²) in [7, 11) is 1.85. The van der Waals surface area contributed by atoms with Crippen molar-refractivity contribution in [3.8, 4) is 0 Å². The quantitative estimate of drug-likeness (QED) is 0.580. The monoisotopic (exact) mass is 282 g/mol. The van der Waals surface area contributed by atoms with Crippen LogP contribution in [0.25, 0.3) is 0 Å². The molecule has 1 aliphatic heterocycles. The van der Waals surface area contributed by atoms with E-state index in [9.17, 15) is 0 Å². The molecular weight excluding hydrogens is 248 g/mol. The third-order valence-corrected chi connectivity index (χ3v) is 4.59. The van der Waals surface area contributed by atoms with E-state index in [1.807, 2.05) is 7.05 Å². The van der Waals surface area contributed by atoms with Crippen LogP contribution in [0.1, 0.15) is 47.0 Å². The van der Waals surface area contributed by atoms with Crippen molar-refractivity contribution < 1.29 is 0 Å². The molecule has 1 heterocycles. The topological polar surface area (TPSA) is 39.7 Å². The summed E-state index contributed by atoms with van der Waals surface area (Å²) in [6, 6.07) is 0.453. The molecule has 0 aliphatic carbocycles. The van der Waals surface area contributed by atoms with Gasteiger partial charge in [-0.1, -0.05) is 20.8 Å². The summed E-state index contributed by atoms with van der Waals surface area (Å²) in [5.74, 6) is 2.44. The fourth-order valence-corrected chi connectivity index (χ4v) is 2.56. The predicted octanol–water partition coefficient (Wildman–Crippen LogP) is 2.32. The fourth-order valence-electron chi connectivity index (χ4n) is 2.56. The Morgan fingerprint density at radius 1 is 1.25 bits per heavy atom. The standard InChI is InChI=1S/C16H34N4/c1-6-20-11-8-15(9-12-20)7-10-18-16(17-5)19-14(4)13(2)3/h13-15H,6-12H2,1-5H3,(H2,17,18,19). The molecule has 1 aliphatic rings. The second-order valence-corrected chi connectivity index (χ2v) is 6.34. The van der Waals surface area contributed by atoms with Crippen molar-refractivity contribution in [2.75, 3.05) is 33.2 Å². The Bertz CT molecular complexity index is 280. The lowest BCUT2D eigenvalue weighted by Crippen LogP contribution is -2.45. The molecular formula is C16H34N4. The van der Waals surface area contributed by atoms with E-state index >= 15 is 0 Å². The van der Waals surface area contributed by atoms with Crippen LogP contribution in [0, 0.1) is 11.8 Å². The van der Waals surface area contributed by atoms with Gasteiger partial charge in [0.05, 0.1) is 0 Å². The summed E-state index contributed by atoms with van der Waals surface area (Å²) < 4.78 is 0. The summed E-state index contributed by atoms with van der Waals surface area (Å²) in [4.78, 5) is 6.85. The van der Waals surface area contributed by atoms with Crippen LogP contribution in [0.4, 0.5) is 0 Å². The van der Waals surface area contributed by atoms with Crippen LogP contribution in [0.2, 0.25) is 0 Å². The number of piperidine rings is 1. The van der Waals surface area contributed by atoms with Crippen LogP contribution in [0.15, 0.2) is 4.99 Å². The number of likely N-dealkylation sites (tertiary alicyclic amines) is 1. The highest BCUT2D eigenvalue weighted by Gasteiger charge is 2.17. The van der Waals surface area contributed by atoms with E-state index in [-0.39, 0.29) is 0 Å². The molecule has 1 fully saturated rings. The molecule has 4 heteroatoms. The van der Waals surface area contributed by atoms with Gasteiger partial charge in [-0.05, 0) is 57.7 Å². The molecule has 20 heavy (non-hydrogen) atoms. The zero-order valence-corrected chi connectivity index (χ0v) is 14.1. The summed E-state index contributed by atoms with van der Waals surface area (Å²) >= 11 is 0. The lowest BCUT2D eigenvalue weighted by atomic mass is 9.93. The second-order valence-electron chi connectivity index (χ2n) is 6.34. The van der Waals surface area contributed by atoms with Gasteiger partial charge in [0.1, 0.15) is 0 Å². The third kappa shape index (κ3) is 6.12. The van der Waals surface area contributed by atoms with Crippen molar-refractivity contribution in [2.24, 2.45) is 16.8 Å². The van der Waals surface area contributed by atoms with Crippen molar-refractivity contribution in [3.63, 3.8) is 0 Å². The number of aliphatic imine (C=N–C) groups is 1. The van der Waals surface area contributed by atoms with Crippen molar-refractivity contribution in [2.45, 2.75) is 53.0 Å². The van der Waals surface area contributed by atoms with Gasteiger partial charge in [-0.25, -0.2) is 0 Å². The summed E-state index contributed by atoms with van der Waals surface area (Å²) in [5.41, 5.74) is 0. The summed E-state index contributed by atoms with van der Waals surface area (Å²) in [5, 5.41) is 6.90. The van der Waals surface area contributed by atoms with Crippen molar-refractivity contribution in [3.05, 3.63) is 0 Å². The smallest absolute Gasteiger partial charge is 0.191 e. The van der Waals surface area contributed by atoms with E-state index in [1.54, 1.807) is 0 Å². The lowest BCUT2D eigenvalue weighted by Gasteiger charge is -2.31. The zero-order valence-electron chi connectivity index (χ0n) is 14.1. The molecule has 4 nitrogen and oxygen atoms in total. The first-order valence-electron chi connectivity index (χ1n) is 8.26. The molecule has 0 spiro atoms. The molecule has 2 N–H and O–H groups in total. The minimum Gasteiger partial charge on any atom is -0.356 e. The Morgan fingerprint density at radius 2 is 1.90 bits per heavy atom. The van der Waals surface area contributed by atoms with Crippen LogP contribution in [-0.2, 0) is 0 Å². The first-order valence-corrected chi connectivity index (χ1v) is 8.26. The number of nitrogens with zero attached hydrogens (tertiary/aromatic N) is 2. The van der Waals surface area contributed by atoms with Crippen molar-refractivity contribution >= 4 is 5.96 Å². The van der Waals surface area contributed by atoms with Crippen LogP contribution >= 0.6 is 0 Å². The lowest BCUT2D eigenvalue weighted by molar-refractivity contribution is 0.187. The molecule has 118 valence electrons. The second kappa shape index (κ2) is 9.22. The van der Waals surface area contributed by atoms with Crippen molar-refractivity contribution in [1.82, 2.24) is 15.5 Å².